The second kappa shape index (κ2) is 17.6. The number of hydrogen-bond acceptors (Lipinski definition) is 6. The first kappa shape index (κ1) is 26.0. The van der Waals surface area contributed by atoms with E-state index < -0.39 is 11.9 Å². The number of carboxylic acids is 2. The van der Waals surface area contributed by atoms with Crippen molar-refractivity contribution in [3.05, 3.63) is 12.2 Å². The molecule has 0 aromatic rings. The van der Waals surface area contributed by atoms with Crippen molar-refractivity contribution in [1.82, 2.24) is 4.90 Å². The molecule has 146 valence electrons. The maximum absolute atomic E-state index is 10.4. The first-order valence-corrected chi connectivity index (χ1v) is 10.4. The van der Waals surface area contributed by atoms with Gasteiger partial charge in [0.15, 0.2) is 0 Å². The molecule has 0 bridgehead atoms. The van der Waals surface area contributed by atoms with Gasteiger partial charge in [-0.15, -0.1) is 0 Å². The minimum Gasteiger partial charge on any atom is -0.478 e. The summed E-state index contributed by atoms with van der Waals surface area (Å²) in [5.74, 6) is -1.38. The second-order valence-corrected chi connectivity index (χ2v) is 8.23. The monoisotopic (exact) mass is 394 g/mol. The molecule has 1 heterocycles. The van der Waals surface area contributed by atoms with Crippen molar-refractivity contribution in [1.29, 1.82) is 0 Å². The zero-order chi connectivity index (χ0) is 19.7. The van der Waals surface area contributed by atoms with Crippen LogP contribution in [-0.2, 0) is 14.4 Å². The Labute approximate surface area is 157 Å². The first-order chi connectivity index (χ1) is 11.7. The van der Waals surface area contributed by atoms with E-state index in [2.05, 4.69) is 25.9 Å². The van der Waals surface area contributed by atoms with Crippen LogP contribution >= 0.6 is 21.6 Å². The van der Waals surface area contributed by atoms with Crippen LogP contribution in [0.1, 0.15) is 39.0 Å². The van der Waals surface area contributed by atoms with Crippen LogP contribution < -0.4 is 5.73 Å². The smallest absolute Gasteiger partial charge is 0.328 e. The fraction of sp³-hybridized carbons (Fsp3) is 0.688. The molecule has 0 radical (unpaired) electrons. The highest BCUT2D eigenvalue weighted by atomic mass is 33.1. The summed E-state index contributed by atoms with van der Waals surface area (Å²) in [7, 11) is 8.08. The molecule has 1 fully saturated rings. The summed E-state index contributed by atoms with van der Waals surface area (Å²) in [6, 6.07) is 0. The van der Waals surface area contributed by atoms with Crippen LogP contribution in [0, 0.1) is 0 Å². The highest BCUT2D eigenvalue weighted by Gasteiger charge is 2.15. The number of carbonyl (C=O) groups excluding carboxylic acids is 1. The molecule has 0 aromatic heterocycles. The van der Waals surface area contributed by atoms with E-state index in [1.165, 1.54) is 18.6 Å². The quantitative estimate of drug-likeness (QED) is 0.326. The van der Waals surface area contributed by atoms with Gasteiger partial charge in [-0.3, -0.25) is 4.79 Å². The molecule has 1 unspecified atom stereocenters. The summed E-state index contributed by atoms with van der Waals surface area (Å²) in [4.78, 5) is 31.6. The normalized spacial score (nSPS) is 15.9. The lowest BCUT2D eigenvalue weighted by Crippen LogP contribution is -2.10. The Hall–Kier alpha value is -1.19. The Balaban J connectivity index is 0. The Morgan fingerprint density at radius 3 is 2.00 bits per heavy atom. The van der Waals surface area contributed by atoms with E-state index in [4.69, 9.17) is 15.9 Å². The van der Waals surface area contributed by atoms with Gasteiger partial charge in [-0.1, -0.05) is 34.9 Å². The molecule has 0 aromatic carbocycles. The number of hydrogen-bond donors (Lipinski definition) is 3. The van der Waals surface area contributed by atoms with Gasteiger partial charge in [0.2, 0.25) is 5.91 Å². The number of nitrogens with zero attached hydrogens (tertiary/aromatic N) is 1. The predicted molar refractivity (Wildman–Crippen MR) is 105 cm³/mol. The molecular formula is C16H30N2O5S2. The molecule has 1 atom stereocenters. The number of carboxylic acid groups (broad SMARTS) is 2. The van der Waals surface area contributed by atoms with Crippen LogP contribution in [0.5, 0.6) is 0 Å². The van der Waals surface area contributed by atoms with Gasteiger partial charge in [0.05, 0.1) is 0 Å². The molecule has 1 rings (SSSR count). The van der Waals surface area contributed by atoms with Crippen molar-refractivity contribution in [2.45, 2.75) is 44.3 Å². The van der Waals surface area contributed by atoms with E-state index in [0.29, 0.717) is 18.6 Å². The molecular weight excluding hydrogens is 364 g/mol. The molecule has 0 aliphatic carbocycles. The average molecular weight is 395 g/mol. The van der Waals surface area contributed by atoms with Crippen LogP contribution in [0.15, 0.2) is 12.2 Å². The van der Waals surface area contributed by atoms with Gasteiger partial charge < -0.3 is 20.8 Å². The van der Waals surface area contributed by atoms with E-state index in [9.17, 15) is 14.4 Å². The van der Waals surface area contributed by atoms with Crippen molar-refractivity contribution in [3.8, 4) is 0 Å². The minimum atomic E-state index is -1.26. The maximum atomic E-state index is 10.4. The van der Waals surface area contributed by atoms with Crippen LogP contribution in [0.4, 0.5) is 0 Å². The lowest BCUT2D eigenvalue weighted by molar-refractivity contribution is -0.134. The van der Waals surface area contributed by atoms with Gasteiger partial charge in [-0.25, -0.2) is 9.59 Å². The number of aliphatic carboxylic acids is 2. The van der Waals surface area contributed by atoms with Crippen molar-refractivity contribution in [2.24, 2.45) is 5.73 Å². The highest BCUT2D eigenvalue weighted by molar-refractivity contribution is 8.77. The molecule has 1 saturated heterocycles. The molecule has 0 spiro atoms. The summed E-state index contributed by atoms with van der Waals surface area (Å²) >= 11 is 0. The Bertz CT molecular complexity index is 395. The summed E-state index contributed by atoms with van der Waals surface area (Å²) in [6.45, 7) is 3.26. The Morgan fingerprint density at radius 1 is 1.16 bits per heavy atom. The lowest BCUT2D eigenvalue weighted by atomic mass is 10.1. The Morgan fingerprint density at radius 2 is 1.68 bits per heavy atom. The molecule has 4 N–H and O–H groups in total. The molecule has 1 aliphatic rings. The van der Waals surface area contributed by atoms with Crippen molar-refractivity contribution >= 4 is 39.4 Å². The summed E-state index contributed by atoms with van der Waals surface area (Å²) in [5, 5.41) is 16.5. The van der Waals surface area contributed by atoms with E-state index >= 15 is 0 Å². The third-order valence-electron chi connectivity index (χ3n) is 2.93. The van der Waals surface area contributed by atoms with Gasteiger partial charge in [0, 0.05) is 29.6 Å². The number of amides is 1. The van der Waals surface area contributed by atoms with Crippen molar-refractivity contribution in [2.75, 3.05) is 26.4 Å². The third-order valence-corrected chi connectivity index (χ3v) is 5.93. The van der Waals surface area contributed by atoms with Gasteiger partial charge in [-0.05, 0) is 39.9 Å². The molecule has 1 aliphatic heterocycles. The van der Waals surface area contributed by atoms with E-state index in [1.807, 2.05) is 21.6 Å². The zero-order valence-corrected chi connectivity index (χ0v) is 16.8. The van der Waals surface area contributed by atoms with Crippen molar-refractivity contribution in [3.63, 3.8) is 0 Å². The molecule has 9 heteroatoms. The predicted octanol–water partition coefficient (Wildman–Crippen LogP) is 2.47. The van der Waals surface area contributed by atoms with Crippen LogP contribution in [-0.4, -0.2) is 64.6 Å². The lowest BCUT2D eigenvalue weighted by Gasteiger charge is -2.05. The number of primary amides is 1. The summed E-state index contributed by atoms with van der Waals surface area (Å²) < 4.78 is 0. The average Bonchev–Trinajstić information content (AvgIpc) is 3.04. The van der Waals surface area contributed by atoms with Crippen LogP contribution in [0.3, 0.4) is 0 Å². The number of nitrogens with two attached hydrogens (primary N) is 1. The van der Waals surface area contributed by atoms with E-state index in [1.54, 1.807) is 0 Å². The molecule has 0 saturated carbocycles. The van der Waals surface area contributed by atoms with Gasteiger partial charge in [-0.2, -0.15) is 0 Å². The minimum absolute atomic E-state index is 0.163. The van der Waals surface area contributed by atoms with Crippen LogP contribution in [0.2, 0.25) is 0 Å². The van der Waals surface area contributed by atoms with E-state index in [-0.39, 0.29) is 5.91 Å². The Kier molecular flexibility index (Phi) is 18.4. The van der Waals surface area contributed by atoms with Gasteiger partial charge in [0.25, 0.3) is 0 Å². The fourth-order valence-electron chi connectivity index (χ4n) is 1.38. The van der Waals surface area contributed by atoms with Crippen molar-refractivity contribution < 1.29 is 24.6 Å². The van der Waals surface area contributed by atoms with Crippen LogP contribution in [0.25, 0.3) is 0 Å². The summed E-state index contributed by atoms with van der Waals surface area (Å²) in [5.41, 5.74) is 5.04. The molecule has 1 amide bonds. The van der Waals surface area contributed by atoms with Gasteiger partial charge >= 0.3 is 11.9 Å². The number of rotatable bonds is 8. The largest absolute Gasteiger partial charge is 0.478 e. The number of unbranched alkanes of at least 4 members (excludes halogenated alkanes) is 1. The summed E-state index contributed by atoms with van der Waals surface area (Å²) in [6.07, 6.45) is 6.39. The number of carbonyl (C=O) groups is 3. The first-order valence-electron chi connectivity index (χ1n) is 8.04. The van der Waals surface area contributed by atoms with E-state index in [0.717, 1.165) is 24.6 Å². The molecule has 7 nitrogen and oxygen atoms in total. The standard InChI is InChI=1S/C8H15NOS2.C4H11N.C4H4O4/c9-8(10)4-2-1-3-7-5-6-11-12-7;1-4-5(2)3;5-3(6)1-2-4(7)8/h7H,1-6H2,(H2,9,10);4H2,1-3H3;1-2H,(H,5,6)(H,7,8)/b;;2-1-. The SMILES string of the molecule is CCN(C)C.NC(=O)CCCCC1CCSS1.O=C(O)/C=C\C(=O)O. The second-order valence-electron chi connectivity index (χ2n) is 5.45. The zero-order valence-electron chi connectivity index (χ0n) is 15.1. The highest BCUT2D eigenvalue weighted by Crippen LogP contribution is 2.39. The molecule has 25 heavy (non-hydrogen) atoms. The maximum Gasteiger partial charge on any atom is 0.328 e. The third kappa shape index (κ3) is 25.2. The van der Waals surface area contributed by atoms with Gasteiger partial charge in [0.1, 0.15) is 0 Å². The fourth-order valence-corrected chi connectivity index (χ4v) is 4.41. The topological polar surface area (TPSA) is 121 Å².